The lowest BCUT2D eigenvalue weighted by Crippen LogP contribution is -2.31. The molecule has 1 fully saturated rings. The van der Waals surface area contributed by atoms with Gasteiger partial charge in [0.15, 0.2) is 0 Å². The Morgan fingerprint density at radius 1 is 1.37 bits per heavy atom. The van der Waals surface area contributed by atoms with E-state index in [9.17, 15) is 0 Å². The van der Waals surface area contributed by atoms with Crippen molar-refractivity contribution in [3.63, 3.8) is 0 Å². The van der Waals surface area contributed by atoms with E-state index in [1.54, 1.807) is 6.08 Å². The maximum Gasteiger partial charge on any atom is 0.124 e. The number of para-hydroxylation sites is 1. The van der Waals surface area contributed by atoms with Crippen LogP contribution in [0.1, 0.15) is 38.2 Å². The van der Waals surface area contributed by atoms with Crippen molar-refractivity contribution in [2.45, 2.75) is 45.2 Å². The molecule has 0 heterocycles. The van der Waals surface area contributed by atoms with Crippen LogP contribution in [0, 0.1) is 5.92 Å². The highest BCUT2D eigenvalue weighted by atomic mass is 16.5. The van der Waals surface area contributed by atoms with Crippen molar-refractivity contribution in [2.24, 2.45) is 5.92 Å². The minimum absolute atomic E-state index is 0.565. The Morgan fingerprint density at radius 2 is 2.11 bits per heavy atom. The van der Waals surface area contributed by atoms with E-state index in [0.717, 1.165) is 18.2 Å². The Labute approximate surface area is 116 Å². The number of nitrogens with one attached hydrogen (secondary N) is 1. The van der Waals surface area contributed by atoms with E-state index in [2.05, 4.69) is 31.0 Å². The topological polar surface area (TPSA) is 21.3 Å². The average Bonchev–Trinajstić information content (AvgIpc) is 2.97. The third kappa shape index (κ3) is 4.10. The SMILES string of the molecule is C=CCOc1ccccc1CNC(C)C1CCCC1. The summed E-state index contributed by atoms with van der Waals surface area (Å²) in [5, 5.41) is 3.65. The number of hydrogen-bond donors (Lipinski definition) is 1. The summed E-state index contributed by atoms with van der Waals surface area (Å²) in [5.41, 5.74) is 1.23. The van der Waals surface area contributed by atoms with Gasteiger partial charge in [-0.25, -0.2) is 0 Å². The van der Waals surface area contributed by atoms with Crippen molar-refractivity contribution in [2.75, 3.05) is 6.61 Å². The third-order valence-electron chi connectivity index (χ3n) is 4.05. The maximum atomic E-state index is 5.69. The van der Waals surface area contributed by atoms with Crippen LogP contribution >= 0.6 is 0 Å². The van der Waals surface area contributed by atoms with E-state index in [4.69, 9.17) is 4.74 Å². The highest BCUT2D eigenvalue weighted by Gasteiger charge is 2.21. The number of hydrogen-bond acceptors (Lipinski definition) is 2. The number of benzene rings is 1. The Balaban J connectivity index is 1.89. The zero-order valence-electron chi connectivity index (χ0n) is 11.9. The van der Waals surface area contributed by atoms with Crippen LogP contribution in [0.25, 0.3) is 0 Å². The van der Waals surface area contributed by atoms with Gasteiger partial charge in [0.05, 0.1) is 0 Å². The lowest BCUT2D eigenvalue weighted by atomic mass is 9.99. The van der Waals surface area contributed by atoms with Crippen molar-refractivity contribution in [3.8, 4) is 5.75 Å². The van der Waals surface area contributed by atoms with Crippen LogP contribution in [0.4, 0.5) is 0 Å². The van der Waals surface area contributed by atoms with Crippen LogP contribution in [0.3, 0.4) is 0 Å². The Bertz CT molecular complexity index is 396. The highest BCUT2D eigenvalue weighted by molar-refractivity contribution is 5.33. The lowest BCUT2D eigenvalue weighted by Gasteiger charge is -2.21. The first-order valence-electron chi connectivity index (χ1n) is 7.36. The predicted octanol–water partition coefficient (Wildman–Crippen LogP) is 3.92. The van der Waals surface area contributed by atoms with E-state index in [-0.39, 0.29) is 0 Å². The maximum absolute atomic E-state index is 5.69. The van der Waals surface area contributed by atoms with Crippen LogP contribution in [-0.2, 0) is 6.54 Å². The molecule has 2 heteroatoms. The van der Waals surface area contributed by atoms with Gasteiger partial charge in [-0.1, -0.05) is 43.7 Å². The van der Waals surface area contributed by atoms with Crippen molar-refractivity contribution < 1.29 is 4.74 Å². The van der Waals surface area contributed by atoms with Gasteiger partial charge in [-0.3, -0.25) is 0 Å². The number of ether oxygens (including phenoxy) is 1. The van der Waals surface area contributed by atoms with Crippen molar-refractivity contribution in [1.82, 2.24) is 5.32 Å². The third-order valence-corrected chi connectivity index (χ3v) is 4.05. The normalized spacial score (nSPS) is 17.3. The zero-order chi connectivity index (χ0) is 13.5. The van der Waals surface area contributed by atoms with Crippen LogP contribution < -0.4 is 10.1 Å². The molecule has 2 rings (SSSR count). The highest BCUT2D eigenvalue weighted by Crippen LogP contribution is 2.28. The molecule has 2 nitrogen and oxygen atoms in total. The van der Waals surface area contributed by atoms with E-state index < -0.39 is 0 Å². The minimum Gasteiger partial charge on any atom is -0.489 e. The van der Waals surface area contributed by atoms with Gasteiger partial charge >= 0.3 is 0 Å². The van der Waals surface area contributed by atoms with Gasteiger partial charge in [-0.2, -0.15) is 0 Å². The van der Waals surface area contributed by atoms with Crippen LogP contribution in [0.15, 0.2) is 36.9 Å². The minimum atomic E-state index is 0.565. The molecular weight excluding hydrogens is 234 g/mol. The van der Waals surface area contributed by atoms with E-state index in [1.807, 2.05) is 12.1 Å². The van der Waals surface area contributed by atoms with Gasteiger partial charge in [-0.05, 0) is 31.7 Å². The first-order chi connectivity index (χ1) is 9.31. The molecule has 1 aliphatic rings. The quantitative estimate of drug-likeness (QED) is 0.749. The molecule has 1 aliphatic carbocycles. The van der Waals surface area contributed by atoms with Crippen molar-refractivity contribution in [3.05, 3.63) is 42.5 Å². The van der Waals surface area contributed by atoms with Gasteiger partial charge in [0.1, 0.15) is 12.4 Å². The molecule has 1 N–H and O–H groups in total. The fourth-order valence-corrected chi connectivity index (χ4v) is 2.83. The van der Waals surface area contributed by atoms with Crippen molar-refractivity contribution in [1.29, 1.82) is 0 Å². The largest absolute Gasteiger partial charge is 0.489 e. The zero-order valence-corrected chi connectivity index (χ0v) is 11.9. The van der Waals surface area contributed by atoms with Gasteiger partial charge in [-0.15, -0.1) is 0 Å². The summed E-state index contributed by atoms with van der Waals surface area (Å²) in [5.74, 6) is 1.81. The summed E-state index contributed by atoms with van der Waals surface area (Å²) >= 11 is 0. The molecule has 1 unspecified atom stereocenters. The van der Waals surface area contributed by atoms with Crippen LogP contribution in [0.2, 0.25) is 0 Å². The lowest BCUT2D eigenvalue weighted by molar-refractivity contribution is 0.349. The second-order valence-electron chi connectivity index (χ2n) is 5.42. The molecule has 0 spiro atoms. The molecule has 0 bridgehead atoms. The fraction of sp³-hybridized carbons (Fsp3) is 0.529. The molecule has 0 amide bonds. The molecule has 19 heavy (non-hydrogen) atoms. The smallest absolute Gasteiger partial charge is 0.124 e. The molecule has 1 atom stereocenters. The second-order valence-corrected chi connectivity index (χ2v) is 5.42. The number of rotatable bonds is 7. The molecule has 0 radical (unpaired) electrons. The molecular formula is C17H25NO. The fourth-order valence-electron chi connectivity index (χ4n) is 2.83. The monoisotopic (exact) mass is 259 g/mol. The van der Waals surface area contributed by atoms with E-state index in [0.29, 0.717) is 12.6 Å². The van der Waals surface area contributed by atoms with Crippen LogP contribution in [0.5, 0.6) is 5.75 Å². The molecule has 0 aliphatic heterocycles. The second kappa shape index (κ2) is 7.34. The van der Waals surface area contributed by atoms with Gasteiger partial charge in [0.25, 0.3) is 0 Å². The molecule has 0 aromatic heterocycles. The standard InChI is InChI=1S/C17H25NO/c1-3-12-19-17-11-7-6-10-16(17)13-18-14(2)15-8-4-5-9-15/h3,6-7,10-11,14-15,18H,1,4-5,8-9,12-13H2,2H3. The first kappa shape index (κ1) is 14.1. The molecule has 104 valence electrons. The summed E-state index contributed by atoms with van der Waals surface area (Å²) in [6, 6.07) is 8.84. The van der Waals surface area contributed by atoms with Gasteiger partial charge in [0, 0.05) is 18.2 Å². The summed E-state index contributed by atoms with van der Waals surface area (Å²) < 4.78 is 5.69. The molecule has 1 aromatic rings. The molecule has 1 saturated carbocycles. The average molecular weight is 259 g/mol. The summed E-state index contributed by atoms with van der Waals surface area (Å²) in [4.78, 5) is 0. The Morgan fingerprint density at radius 3 is 2.84 bits per heavy atom. The van der Waals surface area contributed by atoms with E-state index in [1.165, 1.54) is 31.2 Å². The summed E-state index contributed by atoms with van der Waals surface area (Å²) in [6.45, 7) is 7.44. The van der Waals surface area contributed by atoms with Crippen LogP contribution in [-0.4, -0.2) is 12.6 Å². The molecule has 0 saturated heterocycles. The van der Waals surface area contributed by atoms with Crippen molar-refractivity contribution >= 4 is 0 Å². The predicted molar refractivity (Wildman–Crippen MR) is 80.4 cm³/mol. The van der Waals surface area contributed by atoms with Gasteiger partial charge < -0.3 is 10.1 Å². The van der Waals surface area contributed by atoms with Gasteiger partial charge in [0.2, 0.25) is 0 Å². The summed E-state index contributed by atoms with van der Waals surface area (Å²) in [6.07, 6.45) is 7.34. The molecule has 1 aromatic carbocycles. The Hall–Kier alpha value is -1.28. The Kier molecular flexibility index (Phi) is 5.46. The summed E-state index contributed by atoms with van der Waals surface area (Å²) in [7, 11) is 0. The van der Waals surface area contributed by atoms with E-state index >= 15 is 0 Å². The first-order valence-corrected chi connectivity index (χ1v) is 7.36.